The zero-order chi connectivity index (χ0) is 16.8. The first kappa shape index (κ1) is 20.6. The number of hydrogen-bond donors (Lipinski definition) is 2. The Labute approximate surface area is 154 Å². The second-order valence-corrected chi connectivity index (χ2v) is 6.90. The molecule has 0 saturated heterocycles. The zero-order valence-corrected chi connectivity index (χ0v) is 16.0. The highest BCUT2D eigenvalue weighted by molar-refractivity contribution is 7.09. The van der Waals surface area contributed by atoms with Crippen molar-refractivity contribution in [2.75, 3.05) is 6.54 Å². The minimum absolute atomic E-state index is 0. The molecular weight excluding hydrogens is 342 g/mol. The van der Waals surface area contributed by atoms with Crippen molar-refractivity contribution in [3.63, 3.8) is 0 Å². The molecule has 2 aromatic rings. The molecule has 1 atom stereocenters. The number of hydrogen-bond acceptors (Lipinski definition) is 4. The summed E-state index contributed by atoms with van der Waals surface area (Å²) < 4.78 is 0. The van der Waals surface area contributed by atoms with Crippen LogP contribution in [0, 0.1) is 5.92 Å². The van der Waals surface area contributed by atoms with Gasteiger partial charge in [-0.05, 0) is 30.0 Å². The summed E-state index contributed by atoms with van der Waals surface area (Å²) in [6.07, 6.45) is 1.73. The zero-order valence-electron chi connectivity index (χ0n) is 14.4. The molecule has 6 heteroatoms. The van der Waals surface area contributed by atoms with Crippen LogP contribution in [0.2, 0.25) is 0 Å². The Hall–Kier alpha value is -1.43. The molecule has 0 fully saturated rings. The number of halogens is 1. The van der Waals surface area contributed by atoms with Crippen LogP contribution in [0.4, 0.5) is 0 Å². The lowest BCUT2D eigenvalue weighted by atomic mass is 9.95. The molecule has 4 nitrogen and oxygen atoms in total. The summed E-state index contributed by atoms with van der Waals surface area (Å²) in [5.74, 6) is 0.177. The highest BCUT2D eigenvalue weighted by atomic mass is 35.5. The molecule has 24 heavy (non-hydrogen) atoms. The van der Waals surface area contributed by atoms with Gasteiger partial charge in [-0.15, -0.1) is 23.7 Å². The summed E-state index contributed by atoms with van der Waals surface area (Å²) in [5, 5.41) is 5.83. The van der Waals surface area contributed by atoms with Gasteiger partial charge in [-0.1, -0.05) is 45.0 Å². The standard InChI is InChI=1S/C18H25N3OS.ClH/c1-4-13-5-7-14(8-6-13)17(12(2)3)21-18(22)15-11-23-16(20-15)9-10-19;/h5-8,11-12,17H,4,9-10,19H2,1-3H3,(H,21,22);1H. The molecule has 132 valence electrons. The summed E-state index contributed by atoms with van der Waals surface area (Å²) in [4.78, 5) is 16.8. The highest BCUT2D eigenvalue weighted by Crippen LogP contribution is 2.23. The molecule has 1 heterocycles. The Morgan fingerprint density at radius 1 is 1.29 bits per heavy atom. The number of rotatable bonds is 7. The van der Waals surface area contributed by atoms with Crippen molar-refractivity contribution in [1.29, 1.82) is 0 Å². The summed E-state index contributed by atoms with van der Waals surface area (Å²) in [6, 6.07) is 8.43. The first-order valence-corrected chi connectivity index (χ1v) is 8.97. The Morgan fingerprint density at radius 2 is 1.96 bits per heavy atom. The molecular formula is C18H26ClN3OS. The van der Waals surface area contributed by atoms with Gasteiger partial charge >= 0.3 is 0 Å². The second-order valence-electron chi connectivity index (χ2n) is 5.96. The number of aryl methyl sites for hydroxylation is 1. The molecule has 0 aliphatic heterocycles. The predicted molar refractivity (Wildman–Crippen MR) is 103 cm³/mol. The third-order valence-corrected chi connectivity index (χ3v) is 4.75. The second kappa shape index (κ2) is 9.77. The SMILES string of the molecule is CCc1ccc(C(NC(=O)c2csc(CCN)n2)C(C)C)cc1.Cl. The molecule has 0 bridgehead atoms. The average Bonchev–Trinajstić information content (AvgIpc) is 3.01. The van der Waals surface area contributed by atoms with E-state index < -0.39 is 0 Å². The lowest BCUT2D eigenvalue weighted by Gasteiger charge is -2.22. The third-order valence-electron chi connectivity index (χ3n) is 3.84. The topological polar surface area (TPSA) is 68.0 Å². The van der Waals surface area contributed by atoms with Gasteiger partial charge in [0.05, 0.1) is 11.0 Å². The fourth-order valence-electron chi connectivity index (χ4n) is 2.46. The van der Waals surface area contributed by atoms with E-state index in [2.05, 4.69) is 55.3 Å². The van der Waals surface area contributed by atoms with E-state index in [9.17, 15) is 4.79 Å². The maximum Gasteiger partial charge on any atom is 0.271 e. The summed E-state index contributed by atoms with van der Waals surface area (Å²) in [5.41, 5.74) is 8.44. The van der Waals surface area contributed by atoms with Crippen molar-refractivity contribution >= 4 is 29.7 Å². The molecule has 1 aromatic heterocycles. The van der Waals surface area contributed by atoms with Gasteiger partial charge < -0.3 is 11.1 Å². The molecule has 2 rings (SSSR count). The number of amides is 1. The number of nitrogens with one attached hydrogen (secondary N) is 1. The number of carbonyl (C=O) groups excluding carboxylic acids is 1. The third kappa shape index (κ3) is 5.30. The smallest absolute Gasteiger partial charge is 0.271 e. The van der Waals surface area contributed by atoms with E-state index in [4.69, 9.17) is 5.73 Å². The van der Waals surface area contributed by atoms with Crippen LogP contribution in [0.3, 0.4) is 0 Å². The van der Waals surface area contributed by atoms with E-state index in [1.807, 2.05) is 0 Å². The van der Waals surface area contributed by atoms with Crippen LogP contribution < -0.4 is 11.1 Å². The Balaban J connectivity index is 0.00000288. The van der Waals surface area contributed by atoms with Crippen molar-refractivity contribution < 1.29 is 4.79 Å². The van der Waals surface area contributed by atoms with E-state index in [1.54, 1.807) is 5.38 Å². The van der Waals surface area contributed by atoms with Crippen LogP contribution in [0.25, 0.3) is 0 Å². The van der Waals surface area contributed by atoms with Crippen LogP contribution in [0.5, 0.6) is 0 Å². The van der Waals surface area contributed by atoms with Crippen LogP contribution in [0.1, 0.15) is 53.4 Å². The van der Waals surface area contributed by atoms with E-state index in [0.717, 1.165) is 17.0 Å². The van der Waals surface area contributed by atoms with Crippen LogP contribution in [0.15, 0.2) is 29.6 Å². The van der Waals surface area contributed by atoms with Crippen LogP contribution in [-0.2, 0) is 12.8 Å². The van der Waals surface area contributed by atoms with Gasteiger partial charge in [0.25, 0.3) is 5.91 Å². The number of carbonyl (C=O) groups is 1. The van der Waals surface area contributed by atoms with Crippen LogP contribution >= 0.6 is 23.7 Å². The number of nitrogens with two attached hydrogens (primary N) is 1. The molecule has 1 amide bonds. The van der Waals surface area contributed by atoms with E-state index in [-0.39, 0.29) is 24.4 Å². The Bertz CT molecular complexity index is 640. The highest BCUT2D eigenvalue weighted by Gasteiger charge is 2.20. The van der Waals surface area contributed by atoms with Gasteiger partial charge in [0, 0.05) is 11.8 Å². The lowest BCUT2D eigenvalue weighted by Crippen LogP contribution is -2.32. The fraction of sp³-hybridized carbons (Fsp3) is 0.444. The summed E-state index contributed by atoms with van der Waals surface area (Å²) in [6.45, 7) is 6.91. The summed E-state index contributed by atoms with van der Waals surface area (Å²) >= 11 is 1.49. The van der Waals surface area contributed by atoms with Gasteiger partial charge in [0.2, 0.25) is 0 Å². The first-order chi connectivity index (χ1) is 11.0. The molecule has 3 N–H and O–H groups in total. The first-order valence-electron chi connectivity index (χ1n) is 8.09. The van der Waals surface area contributed by atoms with Crippen molar-refractivity contribution in [3.8, 4) is 0 Å². The molecule has 1 aromatic carbocycles. The number of aromatic nitrogens is 1. The molecule has 0 spiro atoms. The van der Waals surface area contributed by atoms with Gasteiger partial charge in [-0.3, -0.25) is 4.79 Å². The average molecular weight is 368 g/mol. The fourth-order valence-corrected chi connectivity index (χ4v) is 3.26. The number of benzene rings is 1. The number of thiazole rings is 1. The normalized spacial score (nSPS) is 11.9. The van der Waals surface area contributed by atoms with Gasteiger partial charge in [-0.25, -0.2) is 4.98 Å². The van der Waals surface area contributed by atoms with Crippen LogP contribution in [-0.4, -0.2) is 17.4 Å². The quantitative estimate of drug-likeness (QED) is 0.782. The maximum absolute atomic E-state index is 12.5. The molecule has 0 saturated carbocycles. The van der Waals surface area contributed by atoms with Crippen molar-refractivity contribution in [3.05, 3.63) is 51.5 Å². The molecule has 0 radical (unpaired) electrons. The minimum Gasteiger partial charge on any atom is -0.344 e. The van der Waals surface area contributed by atoms with E-state index in [1.165, 1.54) is 16.9 Å². The van der Waals surface area contributed by atoms with Crippen molar-refractivity contribution in [2.45, 2.75) is 39.7 Å². The van der Waals surface area contributed by atoms with Crippen molar-refractivity contribution in [2.24, 2.45) is 11.7 Å². The largest absolute Gasteiger partial charge is 0.344 e. The number of nitrogens with zero attached hydrogens (tertiary/aromatic N) is 1. The minimum atomic E-state index is -0.122. The predicted octanol–water partition coefficient (Wildman–Crippen LogP) is 3.76. The molecule has 0 aliphatic rings. The Morgan fingerprint density at radius 3 is 2.50 bits per heavy atom. The van der Waals surface area contributed by atoms with E-state index in [0.29, 0.717) is 24.6 Å². The Kier molecular flexibility index (Phi) is 8.39. The lowest BCUT2D eigenvalue weighted by molar-refractivity contribution is 0.0921. The summed E-state index contributed by atoms with van der Waals surface area (Å²) in [7, 11) is 0. The monoisotopic (exact) mass is 367 g/mol. The molecule has 0 aliphatic carbocycles. The van der Waals surface area contributed by atoms with Gasteiger partial charge in [0.1, 0.15) is 5.69 Å². The van der Waals surface area contributed by atoms with Gasteiger partial charge in [0.15, 0.2) is 0 Å². The molecule has 1 unspecified atom stereocenters. The van der Waals surface area contributed by atoms with Gasteiger partial charge in [-0.2, -0.15) is 0 Å². The van der Waals surface area contributed by atoms with E-state index >= 15 is 0 Å². The van der Waals surface area contributed by atoms with Crippen molar-refractivity contribution in [1.82, 2.24) is 10.3 Å². The maximum atomic E-state index is 12.5.